The standard InChI is InChI=1S/C11H21NO3/c1-13-8-9-14-7-5-12-10-11-4-2-3-6-15-11/h3,6,11-12H,2,4-5,7-10H2,1H3. The van der Waals surface area contributed by atoms with Gasteiger partial charge in [-0.3, -0.25) is 0 Å². The molecular formula is C11H21NO3. The Morgan fingerprint density at radius 2 is 2.33 bits per heavy atom. The highest BCUT2D eigenvalue weighted by atomic mass is 16.5. The van der Waals surface area contributed by atoms with E-state index in [2.05, 4.69) is 11.4 Å². The quantitative estimate of drug-likeness (QED) is 0.611. The Morgan fingerprint density at radius 3 is 3.07 bits per heavy atom. The van der Waals surface area contributed by atoms with Gasteiger partial charge in [-0.15, -0.1) is 0 Å². The second-order valence-electron chi connectivity index (χ2n) is 3.52. The summed E-state index contributed by atoms with van der Waals surface area (Å²) in [5.41, 5.74) is 0. The molecule has 0 saturated carbocycles. The molecule has 4 heteroatoms. The molecule has 0 amide bonds. The summed E-state index contributed by atoms with van der Waals surface area (Å²) >= 11 is 0. The number of hydrogen-bond donors (Lipinski definition) is 1. The number of allylic oxidation sites excluding steroid dienone is 1. The van der Waals surface area contributed by atoms with E-state index in [9.17, 15) is 0 Å². The van der Waals surface area contributed by atoms with Crippen LogP contribution in [0.5, 0.6) is 0 Å². The van der Waals surface area contributed by atoms with Crippen LogP contribution in [0.1, 0.15) is 12.8 Å². The molecule has 1 atom stereocenters. The molecule has 0 bridgehead atoms. The Hall–Kier alpha value is -0.580. The van der Waals surface area contributed by atoms with Crippen LogP contribution in [-0.2, 0) is 14.2 Å². The zero-order valence-corrected chi connectivity index (χ0v) is 9.41. The normalized spacial score (nSPS) is 20.2. The lowest BCUT2D eigenvalue weighted by molar-refractivity contribution is 0.0689. The van der Waals surface area contributed by atoms with E-state index in [1.165, 1.54) is 0 Å². The van der Waals surface area contributed by atoms with Crippen molar-refractivity contribution < 1.29 is 14.2 Å². The molecule has 1 aliphatic rings. The molecule has 88 valence electrons. The average molecular weight is 215 g/mol. The fourth-order valence-corrected chi connectivity index (χ4v) is 1.39. The highest BCUT2D eigenvalue weighted by molar-refractivity contribution is 4.82. The molecule has 15 heavy (non-hydrogen) atoms. The lowest BCUT2D eigenvalue weighted by Gasteiger charge is -2.19. The molecule has 1 N–H and O–H groups in total. The average Bonchev–Trinajstić information content (AvgIpc) is 2.29. The van der Waals surface area contributed by atoms with E-state index < -0.39 is 0 Å². The number of ether oxygens (including phenoxy) is 3. The van der Waals surface area contributed by atoms with Gasteiger partial charge in [0.2, 0.25) is 0 Å². The van der Waals surface area contributed by atoms with Gasteiger partial charge in [-0.05, 0) is 18.9 Å². The molecule has 0 radical (unpaired) electrons. The summed E-state index contributed by atoms with van der Waals surface area (Å²) in [6.45, 7) is 3.83. The van der Waals surface area contributed by atoms with Crippen molar-refractivity contribution in [2.24, 2.45) is 0 Å². The summed E-state index contributed by atoms with van der Waals surface area (Å²) in [7, 11) is 1.68. The van der Waals surface area contributed by atoms with Gasteiger partial charge in [0.1, 0.15) is 6.10 Å². The molecular weight excluding hydrogens is 194 g/mol. The molecule has 1 aliphatic heterocycles. The van der Waals surface area contributed by atoms with E-state index in [0.717, 1.165) is 32.5 Å². The van der Waals surface area contributed by atoms with Crippen LogP contribution in [0.3, 0.4) is 0 Å². The predicted molar refractivity (Wildman–Crippen MR) is 58.8 cm³/mol. The molecule has 0 aromatic heterocycles. The van der Waals surface area contributed by atoms with Gasteiger partial charge in [0, 0.05) is 20.2 Å². The summed E-state index contributed by atoms with van der Waals surface area (Å²) in [5.74, 6) is 0. The molecule has 4 nitrogen and oxygen atoms in total. The summed E-state index contributed by atoms with van der Waals surface area (Å²) < 4.78 is 15.6. The Kier molecular flexibility index (Phi) is 7.25. The first-order chi connectivity index (χ1) is 7.43. The van der Waals surface area contributed by atoms with Crippen molar-refractivity contribution in [2.75, 3.05) is 40.0 Å². The Morgan fingerprint density at radius 1 is 1.40 bits per heavy atom. The van der Waals surface area contributed by atoms with Crippen molar-refractivity contribution in [1.82, 2.24) is 5.32 Å². The molecule has 0 fully saturated rings. The van der Waals surface area contributed by atoms with Gasteiger partial charge in [-0.25, -0.2) is 0 Å². The first-order valence-corrected chi connectivity index (χ1v) is 5.51. The molecule has 0 saturated heterocycles. The minimum atomic E-state index is 0.328. The van der Waals surface area contributed by atoms with Gasteiger partial charge in [0.25, 0.3) is 0 Å². The fraction of sp³-hybridized carbons (Fsp3) is 0.818. The molecule has 0 spiro atoms. The third-order valence-electron chi connectivity index (χ3n) is 2.25. The van der Waals surface area contributed by atoms with E-state index in [0.29, 0.717) is 19.3 Å². The highest BCUT2D eigenvalue weighted by Crippen LogP contribution is 2.08. The van der Waals surface area contributed by atoms with Crippen LogP contribution in [0.15, 0.2) is 12.3 Å². The van der Waals surface area contributed by atoms with Crippen LogP contribution >= 0.6 is 0 Å². The van der Waals surface area contributed by atoms with Crippen LogP contribution in [-0.4, -0.2) is 46.1 Å². The van der Waals surface area contributed by atoms with Gasteiger partial charge in [0.15, 0.2) is 0 Å². The maximum Gasteiger partial charge on any atom is 0.110 e. The predicted octanol–water partition coefficient (Wildman–Crippen LogP) is 0.932. The van der Waals surface area contributed by atoms with E-state index in [1.807, 2.05) is 0 Å². The monoisotopic (exact) mass is 215 g/mol. The van der Waals surface area contributed by atoms with Gasteiger partial charge in [-0.1, -0.05) is 0 Å². The van der Waals surface area contributed by atoms with E-state index >= 15 is 0 Å². The SMILES string of the molecule is COCCOCCNCC1CCC=CO1. The van der Waals surface area contributed by atoms with Crippen molar-refractivity contribution in [3.8, 4) is 0 Å². The van der Waals surface area contributed by atoms with Crippen molar-refractivity contribution in [1.29, 1.82) is 0 Å². The summed E-state index contributed by atoms with van der Waals surface area (Å²) in [5, 5.41) is 3.31. The smallest absolute Gasteiger partial charge is 0.110 e. The van der Waals surface area contributed by atoms with E-state index in [1.54, 1.807) is 13.4 Å². The number of hydrogen-bond acceptors (Lipinski definition) is 4. The van der Waals surface area contributed by atoms with Crippen LogP contribution in [0.2, 0.25) is 0 Å². The maximum absolute atomic E-state index is 5.42. The zero-order valence-electron chi connectivity index (χ0n) is 9.41. The lowest BCUT2D eigenvalue weighted by Crippen LogP contribution is -2.31. The molecule has 0 aromatic rings. The molecule has 0 aromatic carbocycles. The first kappa shape index (κ1) is 12.5. The first-order valence-electron chi connectivity index (χ1n) is 5.51. The Bertz CT molecular complexity index is 173. The third kappa shape index (κ3) is 6.49. The van der Waals surface area contributed by atoms with E-state index in [-0.39, 0.29) is 0 Å². The Labute approximate surface area is 91.6 Å². The van der Waals surface area contributed by atoms with Gasteiger partial charge in [-0.2, -0.15) is 0 Å². The third-order valence-corrected chi connectivity index (χ3v) is 2.25. The molecule has 1 heterocycles. The van der Waals surface area contributed by atoms with Crippen molar-refractivity contribution >= 4 is 0 Å². The van der Waals surface area contributed by atoms with Gasteiger partial charge >= 0.3 is 0 Å². The van der Waals surface area contributed by atoms with Crippen LogP contribution in [0.4, 0.5) is 0 Å². The van der Waals surface area contributed by atoms with E-state index in [4.69, 9.17) is 14.2 Å². The minimum absolute atomic E-state index is 0.328. The molecule has 1 unspecified atom stereocenters. The largest absolute Gasteiger partial charge is 0.497 e. The summed E-state index contributed by atoms with van der Waals surface area (Å²) in [6.07, 6.45) is 6.41. The van der Waals surface area contributed by atoms with Gasteiger partial charge in [0.05, 0.1) is 26.1 Å². The summed E-state index contributed by atoms with van der Waals surface area (Å²) in [4.78, 5) is 0. The number of nitrogens with one attached hydrogen (secondary N) is 1. The van der Waals surface area contributed by atoms with Crippen molar-refractivity contribution in [3.05, 3.63) is 12.3 Å². The summed E-state index contributed by atoms with van der Waals surface area (Å²) in [6, 6.07) is 0. The Balaban J connectivity index is 1.82. The number of rotatable bonds is 8. The maximum atomic E-state index is 5.42. The minimum Gasteiger partial charge on any atom is -0.497 e. The van der Waals surface area contributed by atoms with Crippen molar-refractivity contribution in [2.45, 2.75) is 18.9 Å². The number of methoxy groups -OCH3 is 1. The topological polar surface area (TPSA) is 39.7 Å². The van der Waals surface area contributed by atoms with Crippen LogP contribution in [0, 0.1) is 0 Å². The lowest BCUT2D eigenvalue weighted by atomic mass is 10.1. The van der Waals surface area contributed by atoms with Gasteiger partial charge < -0.3 is 19.5 Å². The highest BCUT2D eigenvalue weighted by Gasteiger charge is 2.09. The van der Waals surface area contributed by atoms with Crippen LogP contribution in [0.25, 0.3) is 0 Å². The second-order valence-corrected chi connectivity index (χ2v) is 3.52. The zero-order chi connectivity index (χ0) is 10.8. The van der Waals surface area contributed by atoms with Crippen molar-refractivity contribution in [3.63, 3.8) is 0 Å². The molecule has 1 rings (SSSR count). The second kappa shape index (κ2) is 8.71. The van der Waals surface area contributed by atoms with Crippen LogP contribution < -0.4 is 5.32 Å². The fourth-order valence-electron chi connectivity index (χ4n) is 1.39. The molecule has 0 aliphatic carbocycles.